The number of hydrogen-bond donors (Lipinski definition) is 1. The number of carbonyl (C=O) groups is 2. The van der Waals surface area contributed by atoms with Crippen LogP contribution in [-0.2, 0) is 9.47 Å². The van der Waals surface area contributed by atoms with Gasteiger partial charge in [0, 0.05) is 38.3 Å². The van der Waals surface area contributed by atoms with Crippen LogP contribution in [0, 0.1) is 0 Å². The molecule has 1 aromatic carbocycles. The van der Waals surface area contributed by atoms with Crippen LogP contribution in [-0.4, -0.2) is 96.4 Å². The van der Waals surface area contributed by atoms with Crippen LogP contribution in [0.2, 0.25) is 0 Å². The van der Waals surface area contributed by atoms with Gasteiger partial charge in [-0.05, 0) is 30.7 Å². The van der Waals surface area contributed by atoms with E-state index in [2.05, 4.69) is 4.90 Å². The minimum absolute atomic E-state index is 0.0803. The number of nitrogens with zero attached hydrogens (tertiary/aromatic N) is 3. The second-order valence-electron chi connectivity index (χ2n) is 7.25. The quantitative estimate of drug-likeness (QED) is 0.818. The van der Waals surface area contributed by atoms with E-state index in [4.69, 9.17) is 9.47 Å². The van der Waals surface area contributed by atoms with Crippen LogP contribution >= 0.6 is 0 Å². The molecule has 0 bridgehead atoms. The molecule has 0 saturated carbocycles. The van der Waals surface area contributed by atoms with Gasteiger partial charge in [-0.25, -0.2) is 4.79 Å². The Hall–Kier alpha value is -2.32. The predicted molar refractivity (Wildman–Crippen MR) is 96.6 cm³/mol. The predicted octanol–water partition coefficient (Wildman–Crippen LogP) is 0.760. The van der Waals surface area contributed by atoms with E-state index in [9.17, 15) is 14.7 Å². The number of phenols is 1. The van der Waals surface area contributed by atoms with E-state index in [0.717, 1.165) is 39.3 Å². The molecule has 1 N–H and O–H groups in total. The molecule has 3 aliphatic rings. The van der Waals surface area contributed by atoms with E-state index in [1.807, 2.05) is 0 Å². The maximum absolute atomic E-state index is 12.7. The summed E-state index contributed by atoms with van der Waals surface area (Å²) in [6.45, 7) is 5.87. The van der Waals surface area contributed by atoms with Gasteiger partial charge in [0.05, 0.1) is 25.8 Å². The summed E-state index contributed by atoms with van der Waals surface area (Å²) in [6.07, 6.45) is 0.343. The Morgan fingerprint density at radius 3 is 2.59 bits per heavy atom. The number of phenolic OH excluding ortho intramolecular Hbond substituents is 1. The monoisotopic (exact) mass is 375 g/mol. The molecule has 0 spiro atoms. The highest BCUT2D eigenvalue weighted by Gasteiger charge is 2.48. The third-order valence-corrected chi connectivity index (χ3v) is 5.50. The highest BCUT2D eigenvalue weighted by Crippen LogP contribution is 2.28. The molecule has 0 aliphatic carbocycles. The number of fused-ring (bicyclic) bond motifs is 1. The fourth-order valence-electron chi connectivity index (χ4n) is 4.00. The van der Waals surface area contributed by atoms with Gasteiger partial charge >= 0.3 is 6.09 Å². The van der Waals surface area contributed by atoms with Gasteiger partial charge in [0.2, 0.25) is 0 Å². The summed E-state index contributed by atoms with van der Waals surface area (Å²) in [6, 6.07) is 6.14. The van der Waals surface area contributed by atoms with Crippen molar-refractivity contribution in [2.24, 2.45) is 0 Å². The topological polar surface area (TPSA) is 82.5 Å². The zero-order chi connectivity index (χ0) is 18.8. The summed E-state index contributed by atoms with van der Waals surface area (Å²) >= 11 is 0. The number of likely N-dealkylation sites (tertiary alicyclic amines) is 1. The van der Waals surface area contributed by atoms with Crippen molar-refractivity contribution >= 4 is 12.0 Å². The summed E-state index contributed by atoms with van der Waals surface area (Å²) < 4.78 is 10.8. The van der Waals surface area contributed by atoms with E-state index in [-0.39, 0.29) is 29.9 Å². The van der Waals surface area contributed by atoms with Gasteiger partial charge in [0.15, 0.2) is 0 Å². The number of rotatable bonds is 5. The Morgan fingerprint density at radius 1 is 1.11 bits per heavy atom. The Morgan fingerprint density at radius 2 is 1.85 bits per heavy atom. The Bertz CT molecular complexity index is 689. The summed E-state index contributed by atoms with van der Waals surface area (Å²) in [5.74, 6) is 0.0268. The first kappa shape index (κ1) is 18.1. The average molecular weight is 375 g/mol. The third kappa shape index (κ3) is 3.86. The van der Waals surface area contributed by atoms with Crippen LogP contribution in [0.15, 0.2) is 24.3 Å². The van der Waals surface area contributed by atoms with Crippen molar-refractivity contribution in [3.8, 4) is 5.75 Å². The van der Waals surface area contributed by atoms with Crippen LogP contribution in [0.5, 0.6) is 5.75 Å². The minimum Gasteiger partial charge on any atom is -0.508 e. The van der Waals surface area contributed by atoms with Crippen molar-refractivity contribution in [1.29, 1.82) is 0 Å². The first-order valence-electron chi connectivity index (χ1n) is 9.47. The first-order chi connectivity index (χ1) is 13.1. The second-order valence-corrected chi connectivity index (χ2v) is 7.25. The van der Waals surface area contributed by atoms with Gasteiger partial charge in [-0.1, -0.05) is 0 Å². The molecule has 3 fully saturated rings. The molecular formula is C19H25N3O5. The lowest BCUT2D eigenvalue weighted by atomic mass is 10.2. The molecule has 0 radical (unpaired) electrons. The van der Waals surface area contributed by atoms with Crippen LogP contribution in [0.4, 0.5) is 4.79 Å². The highest BCUT2D eigenvalue weighted by atomic mass is 16.6. The number of aromatic hydroxyl groups is 1. The molecule has 8 nitrogen and oxygen atoms in total. The summed E-state index contributed by atoms with van der Waals surface area (Å²) in [5.41, 5.74) is 0.526. The van der Waals surface area contributed by atoms with Crippen LogP contribution in [0.3, 0.4) is 0 Å². The molecule has 27 heavy (non-hydrogen) atoms. The van der Waals surface area contributed by atoms with E-state index in [1.165, 1.54) is 12.1 Å². The van der Waals surface area contributed by atoms with Crippen molar-refractivity contribution in [3.63, 3.8) is 0 Å². The molecule has 3 saturated heterocycles. The number of amides is 2. The Labute approximate surface area is 158 Å². The van der Waals surface area contributed by atoms with Crippen LogP contribution < -0.4 is 0 Å². The normalized spacial score (nSPS) is 25.6. The average Bonchev–Trinajstić information content (AvgIpc) is 3.21. The van der Waals surface area contributed by atoms with Crippen molar-refractivity contribution in [2.45, 2.75) is 18.6 Å². The lowest BCUT2D eigenvalue weighted by molar-refractivity contribution is 0.0362. The third-order valence-electron chi connectivity index (χ3n) is 5.50. The van der Waals surface area contributed by atoms with E-state index < -0.39 is 0 Å². The maximum atomic E-state index is 12.7. The first-order valence-corrected chi connectivity index (χ1v) is 9.47. The molecule has 146 valence electrons. The van der Waals surface area contributed by atoms with E-state index in [0.29, 0.717) is 25.2 Å². The van der Waals surface area contributed by atoms with Gasteiger partial charge in [-0.15, -0.1) is 0 Å². The number of ether oxygens (including phenoxy) is 2. The number of morpholine rings is 1. The zero-order valence-electron chi connectivity index (χ0n) is 15.2. The number of carbonyl (C=O) groups excluding carboxylic acids is 2. The highest BCUT2D eigenvalue weighted by molar-refractivity contribution is 5.94. The van der Waals surface area contributed by atoms with Crippen molar-refractivity contribution in [2.75, 3.05) is 52.5 Å². The minimum atomic E-state index is -0.274. The molecular weight excluding hydrogens is 350 g/mol. The second kappa shape index (κ2) is 7.74. The van der Waals surface area contributed by atoms with Gasteiger partial charge in [0.25, 0.3) is 5.91 Å². The molecule has 8 heteroatoms. The van der Waals surface area contributed by atoms with Crippen LogP contribution in [0.25, 0.3) is 0 Å². The van der Waals surface area contributed by atoms with E-state index in [1.54, 1.807) is 21.9 Å². The number of hydrogen-bond acceptors (Lipinski definition) is 6. The van der Waals surface area contributed by atoms with Gasteiger partial charge in [-0.3, -0.25) is 14.6 Å². The summed E-state index contributed by atoms with van der Waals surface area (Å²) in [4.78, 5) is 30.7. The van der Waals surface area contributed by atoms with Gasteiger partial charge in [-0.2, -0.15) is 0 Å². The summed E-state index contributed by atoms with van der Waals surface area (Å²) in [5, 5.41) is 9.38. The molecule has 4 rings (SSSR count). The lowest BCUT2D eigenvalue weighted by Crippen LogP contribution is -2.42. The fourth-order valence-corrected chi connectivity index (χ4v) is 4.00. The lowest BCUT2D eigenvalue weighted by Gasteiger charge is -2.28. The standard InChI is InChI=1S/C19H25N3O5/c23-15-4-2-14(3-5-15)18(24)21-12-16-17(13-21)27-19(25)22(16)7-1-6-20-8-10-26-11-9-20/h2-5,16-17,23H,1,6-13H2. The van der Waals surface area contributed by atoms with Gasteiger partial charge < -0.3 is 19.5 Å². The van der Waals surface area contributed by atoms with Crippen molar-refractivity contribution < 1.29 is 24.2 Å². The van der Waals surface area contributed by atoms with Crippen molar-refractivity contribution in [1.82, 2.24) is 14.7 Å². The zero-order valence-corrected chi connectivity index (χ0v) is 15.2. The van der Waals surface area contributed by atoms with E-state index >= 15 is 0 Å². The molecule has 2 atom stereocenters. The molecule has 2 unspecified atom stereocenters. The molecule has 2 amide bonds. The molecule has 1 aromatic rings. The maximum Gasteiger partial charge on any atom is 0.410 e. The molecule has 3 heterocycles. The van der Waals surface area contributed by atoms with Crippen molar-refractivity contribution in [3.05, 3.63) is 29.8 Å². The molecule has 0 aromatic heterocycles. The van der Waals surface area contributed by atoms with Gasteiger partial charge in [0.1, 0.15) is 11.9 Å². The SMILES string of the molecule is O=C(c1ccc(O)cc1)N1CC2OC(=O)N(CCCN3CCOCC3)C2C1. The largest absolute Gasteiger partial charge is 0.508 e. The van der Waals surface area contributed by atoms with Crippen LogP contribution in [0.1, 0.15) is 16.8 Å². The smallest absolute Gasteiger partial charge is 0.410 e. The summed E-state index contributed by atoms with van der Waals surface area (Å²) in [7, 11) is 0. The Kier molecular flexibility index (Phi) is 5.18. The number of benzene rings is 1. The fraction of sp³-hybridized carbons (Fsp3) is 0.579. The molecule has 3 aliphatic heterocycles. The Balaban J connectivity index is 1.32.